The first-order chi connectivity index (χ1) is 5.31. The average molecular weight is 152 g/mol. The third-order valence-corrected chi connectivity index (χ3v) is 2.87. The van der Waals surface area contributed by atoms with Crippen molar-refractivity contribution in [3.05, 3.63) is 12.3 Å². The second kappa shape index (κ2) is 2.52. The number of piperazine rings is 1. The highest BCUT2D eigenvalue weighted by Gasteiger charge is 2.37. The van der Waals surface area contributed by atoms with Crippen molar-refractivity contribution in [1.82, 2.24) is 10.2 Å². The van der Waals surface area contributed by atoms with E-state index in [1.54, 1.807) is 0 Å². The fourth-order valence-electron chi connectivity index (χ4n) is 2.15. The molecule has 2 fully saturated rings. The van der Waals surface area contributed by atoms with Crippen LogP contribution in [0.15, 0.2) is 12.3 Å². The zero-order valence-corrected chi connectivity index (χ0v) is 7.14. The normalized spacial score (nSPS) is 34.8. The molecule has 1 N–H and O–H groups in total. The number of likely N-dealkylation sites (tertiary alicyclic amines) is 1. The van der Waals surface area contributed by atoms with Crippen LogP contribution in [-0.2, 0) is 0 Å². The van der Waals surface area contributed by atoms with Crippen LogP contribution >= 0.6 is 0 Å². The molecule has 0 amide bonds. The Morgan fingerprint density at radius 1 is 1.73 bits per heavy atom. The van der Waals surface area contributed by atoms with Gasteiger partial charge >= 0.3 is 0 Å². The fourth-order valence-corrected chi connectivity index (χ4v) is 2.15. The number of rotatable bonds is 2. The van der Waals surface area contributed by atoms with E-state index in [2.05, 4.69) is 23.7 Å². The molecule has 2 nitrogen and oxygen atoms in total. The van der Waals surface area contributed by atoms with E-state index >= 15 is 0 Å². The summed E-state index contributed by atoms with van der Waals surface area (Å²) in [6.45, 7) is 8.62. The van der Waals surface area contributed by atoms with Crippen LogP contribution in [-0.4, -0.2) is 30.1 Å². The van der Waals surface area contributed by atoms with E-state index in [4.69, 9.17) is 0 Å². The molecule has 0 radical (unpaired) electrons. The zero-order chi connectivity index (χ0) is 7.84. The Balaban J connectivity index is 2.02. The lowest BCUT2D eigenvalue weighted by Gasteiger charge is -2.30. The molecule has 2 aliphatic heterocycles. The van der Waals surface area contributed by atoms with Crippen molar-refractivity contribution >= 4 is 0 Å². The highest BCUT2D eigenvalue weighted by Crippen LogP contribution is 2.27. The van der Waals surface area contributed by atoms with E-state index in [9.17, 15) is 0 Å². The highest BCUT2D eigenvalue weighted by molar-refractivity contribution is 5.07. The summed E-state index contributed by atoms with van der Waals surface area (Å²) in [6, 6.07) is 1.51. The lowest BCUT2D eigenvalue weighted by Crippen LogP contribution is -2.42. The van der Waals surface area contributed by atoms with Crippen molar-refractivity contribution in [3.63, 3.8) is 0 Å². The van der Waals surface area contributed by atoms with Crippen LogP contribution in [0.4, 0.5) is 0 Å². The Kier molecular flexibility index (Phi) is 1.64. The summed E-state index contributed by atoms with van der Waals surface area (Å²) < 4.78 is 0. The predicted molar refractivity (Wildman–Crippen MR) is 46.3 cm³/mol. The maximum Gasteiger partial charge on any atom is 0.0427 e. The van der Waals surface area contributed by atoms with Crippen molar-refractivity contribution in [3.8, 4) is 0 Å². The van der Waals surface area contributed by atoms with Crippen LogP contribution in [0, 0.1) is 0 Å². The van der Waals surface area contributed by atoms with Crippen LogP contribution in [0.1, 0.15) is 19.8 Å². The molecule has 0 aliphatic carbocycles. The molecular weight excluding hydrogens is 136 g/mol. The summed E-state index contributed by atoms with van der Waals surface area (Å²) in [6.07, 6.45) is 2.43. The third-order valence-electron chi connectivity index (χ3n) is 2.87. The molecule has 2 bridgehead atoms. The Labute approximate surface area is 68.3 Å². The SMILES string of the molecule is C=C(CC)N1CC2CC1CN2. The Hall–Kier alpha value is -0.500. The zero-order valence-electron chi connectivity index (χ0n) is 7.14. The maximum atomic E-state index is 4.07. The second-order valence-corrected chi connectivity index (χ2v) is 3.57. The van der Waals surface area contributed by atoms with Crippen LogP contribution in [0.5, 0.6) is 0 Å². The summed E-state index contributed by atoms with van der Waals surface area (Å²) in [7, 11) is 0. The van der Waals surface area contributed by atoms with E-state index in [0.717, 1.165) is 18.5 Å². The first kappa shape index (κ1) is 7.17. The molecule has 2 unspecified atom stereocenters. The Bertz CT molecular complexity index is 176. The second-order valence-electron chi connectivity index (χ2n) is 3.57. The van der Waals surface area contributed by atoms with Gasteiger partial charge in [0.2, 0.25) is 0 Å². The van der Waals surface area contributed by atoms with E-state index in [-0.39, 0.29) is 0 Å². The van der Waals surface area contributed by atoms with Crippen LogP contribution in [0.25, 0.3) is 0 Å². The molecule has 11 heavy (non-hydrogen) atoms. The highest BCUT2D eigenvalue weighted by atomic mass is 15.3. The van der Waals surface area contributed by atoms with Gasteiger partial charge in [-0.05, 0) is 12.8 Å². The van der Waals surface area contributed by atoms with Gasteiger partial charge in [0.05, 0.1) is 0 Å². The lowest BCUT2D eigenvalue weighted by molar-refractivity contribution is 0.279. The average Bonchev–Trinajstić information content (AvgIpc) is 2.62. The van der Waals surface area contributed by atoms with Crippen molar-refractivity contribution in [2.45, 2.75) is 31.8 Å². The van der Waals surface area contributed by atoms with Crippen molar-refractivity contribution < 1.29 is 0 Å². The van der Waals surface area contributed by atoms with Gasteiger partial charge in [0.1, 0.15) is 0 Å². The molecule has 2 rings (SSSR count). The summed E-state index contributed by atoms with van der Waals surface area (Å²) >= 11 is 0. The smallest absolute Gasteiger partial charge is 0.0427 e. The third kappa shape index (κ3) is 1.06. The molecule has 62 valence electrons. The van der Waals surface area contributed by atoms with E-state index in [1.165, 1.54) is 25.2 Å². The van der Waals surface area contributed by atoms with E-state index < -0.39 is 0 Å². The quantitative estimate of drug-likeness (QED) is 0.634. The molecule has 2 aliphatic rings. The molecule has 2 saturated heterocycles. The number of hydrogen-bond donors (Lipinski definition) is 1. The van der Waals surface area contributed by atoms with Crippen molar-refractivity contribution in [1.29, 1.82) is 0 Å². The van der Waals surface area contributed by atoms with Gasteiger partial charge in [0.25, 0.3) is 0 Å². The number of allylic oxidation sites excluding steroid dienone is 1. The fraction of sp³-hybridized carbons (Fsp3) is 0.778. The minimum Gasteiger partial charge on any atom is -0.369 e. The van der Waals surface area contributed by atoms with Gasteiger partial charge in [-0.25, -0.2) is 0 Å². The molecule has 2 atom stereocenters. The molecule has 2 heteroatoms. The molecular formula is C9H16N2. The number of nitrogens with one attached hydrogen (secondary N) is 1. The van der Waals surface area contributed by atoms with Gasteiger partial charge in [-0.15, -0.1) is 0 Å². The number of fused-ring (bicyclic) bond motifs is 2. The van der Waals surface area contributed by atoms with Gasteiger partial charge in [0.15, 0.2) is 0 Å². The van der Waals surface area contributed by atoms with Gasteiger partial charge in [-0.1, -0.05) is 13.5 Å². The van der Waals surface area contributed by atoms with Crippen LogP contribution < -0.4 is 5.32 Å². The summed E-state index contributed by atoms with van der Waals surface area (Å²) in [5, 5.41) is 3.48. The van der Waals surface area contributed by atoms with Crippen molar-refractivity contribution in [2.75, 3.05) is 13.1 Å². The van der Waals surface area contributed by atoms with Gasteiger partial charge in [-0.2, -0.15) is 0 Å². The van der Waals surface area contributed by atoms with Crippen LogP contribution in [0.3, 0.4) is 0 Å². The monoisotopic (exact) mass is 152 g/mol. The van der Waals surface area contributed by atoms with Gasteiger partial charge in [-0.3, -0.25) is 0 Å². The first-order valence-electron chi connectivity index (χ1n) is 4.49. The van der Waals surface area contributed by atoms with Crippen LogP contribution in [0.2, 0.25) is 0 Å². The molecule has 2 heterocycles. The standard InChI is InChI=1S/C9H16N2/c1-3-7(2)11-6-8-4-9(11)5-10-8/h8-10H,2-6H2,1H3. The van der Waals surface area contributed by atoms with Gasteiger partial charge in [0, 0.05) is 30.9 Å². The van der Waals surface area contributed by atoms with E-state index in [1.807, 2.05) is 0 Å². The number of hydrogen-bond acceptors (Lipinski definition) is 2. The largest absolute Gasteiger partial charge is 0.369 e. The maximum absolute atomic E-state index is 4.07. The predicted octanol–water partition coefficient (Wildman–Crippen LogP) is 0.956. The Morgan fingerprint density at radius 2 is 2.55 bits per heavy atom. The molecule has 0 aromatic heterocycles. The molecule has 0 saturated carbocycles. The molecule has 0 aromatic rings. The molecule has 0 aromatic carbocycles. The topological polar surface area (TPSA) is 15.3 Å². The molecule has 0 spiro atoms. The minimum absolute atomic E-state index is 0.753. The first-order valence-corrected chi connectivity index (χ1v) is 4.49. The lowest BCUT2D eigenvalue weighted by atomic mass is 10.2. The number of nitrogens with zero attached hydrogens (tertiary/aromatic N) is 1. The Morgan fingerprint density at radius 3 is 3.00 bits per heavy atom. The summed E-state index contributed by atoms with van der Waals surface area (Å²) in [5.41, 5.74) is 1.32. The minimum atomic E-state index is 0.753. The van der Waals surface area contributed by atoms with Crippen molar-refractivity contribution in [2.24, 2.45) is 0 Å². The van der Waals surface area contributed by atoms with E-state index in [0.29, 0.717) is 0 Å². The summed E-state index contributed by atoms with van der Waals surface area (Å²) in [5.74, 6) is 0. The van der Waals surface area contributed by atoms with Gasteiger partial charge < -0.3 is 10.2 Å². The summed E-state index contributed by atoms with van der Waals surface area (Å²) in [4.78, 5) is 2.47.